The minimum Gasteiger partial charge on any atom is -0.490 e. The van der Waals surface area contributed by atoms with Gasteiger partial charge in [0.2, 0.25) is 11.8 Å². The van der Waals surface area contributed by atoms with Crippen LogP contribution in [-0.2, 0) is 15.0 Å². The van der Waals surface area contributed by atoms with E-state index in [1.165, 1.54) is 11.1 Å². The number of fused-ring (bicyclic) bond motifs is 1. The van der Waals surface area contributed by atoms with Gasteiger partial charge < -0.3 is 19.9 Å². The zero-order valence-corrected chi connectivity index (χ0v) is 27.3. The topological polar surface area (TPSA) is 160 Å². The summed E-state index contributed by atoms with van der Waals surface area (Å²) in [7, 11) is 0. The number of imide groups is 2. The van der Waals surface area contributed by atoms with Crippen LogP contribution < -0.4 is 20.1 Å². The number of hydrogen-bond donors (Lipinski definition) is 3. The van der Waals surface area contributed by atoms with E-state index < -0.39 is 35.8 Å². The van der Waals surface area contributed by atoms with Crippen molar-refractivity contribution in [2.75, 3.05) is 5.32 Å². The average molecular weight is 674 g/mol. The van der Waals surface area contributed by atoms with Gasteiger partial charge in [-0.15, -0.1) is 0 Å². The fourth-order valence-corrected chi connectivity index (χ4v) is 7.06. The van der Waals surface area contributed by atoms with Gasteiger partial charge >= 0.3 is 0 Å². The maximum atomic E-state index is 13.2. The van der Waals surface area contributed by atoms with E-state index in [-0.39, 0.29) is 41.5 Å². The summed E-state index contributed by atoms with van der Waals surface area (Å²) in [6.07, 6.45) is 6.32. The van der Waals surface area contributed by atoms with Crippen molar-refractivity contribution < 1.29 is 33.8 Å². The second-order valence-corrected chi connectivity index (χ2v) is 13.4. The smallest absolute Gasteiger partial charge is 0.262 e. The lowest BCUT2D eigenvalue weighted by molar-refractivity contribution is -0.136. The minimum absolute atomic E-state index is 0.0225. The van der Waals surface area contributed by atoms with Crippen LogP contribution in [0.3, 0.4) is 0 Å². The van der Waals surface area contributed by atoms with Crippen molar-refractivity contribution in [3.05, 3.63) is 107 Å². The van der Waals surface area contributed by atoms with Gasteiger partial charge in [-0.3, -0.25) is 29.4 Å². The van der Waals surface area contributed by atoms with Crippen LogP contribution in [0, 0.1) is 0 Å². The number of carbonyl (C=O) groups excluding carboxylic acids is 4. The van der Waals surface area contributed by atoms with Crippen LogP contribution >= 0.6 is 0 Å². The normalized spacial score (nSPS) is 22.7. The van der Waals surface area contributed by atoms with Crippen LogP contribution in [-0.4, -0.2) is 61.8 Å². The van der Waals surface area contributed by atoms with Crippen LogP contribution in [0.5, 0.6) is 17.2 Å². The number of hydrogen-bond acceptors (Lipinski definition) is 10. The Hall–Kier alpha value is -5.62. The Morgan fingerprint density at radius 2 is 1.50 bits per heavy atom. The van der Waals surface area contributed by atoms with Gasteiger partial charge in [0.15, 0.2) is 11.6 Å². The van der Waals surface area contributed by atoms with Crippen molar-refractivity contribution in [2.24, 2.45) is 0 Å². The van der Waals surface area contributed by atoms with E-state index in [0.717, 1.165) is 42.0 Å². The molecule has 4 aromatic rings. The highest BCUT2D eigenvalue weighted by molar-refractivity contribution is 6.23. The first-order chi connectivity index (χ1) is 24.2. The first-order valence-corrected chi connectivity index (χ1v) is 16.8. The number of nitrogens with one attached hydrogen (secondary N) is 2. The Bertz CT molecular complexity index is 1990. The van der Waals surface area contributed by atoms with Crippen LogP contribution in [0.1, 0.15) is 89.2 Å². The Morgan fingerprint density at radius 1 is 0.860 bits per heavy atom. The molecule has 2 saturated carbocycles. The first-order valence-electron chi connectivity index (χ1n) is 16.8. The van der Waals surface area contributed by atoms with Gasteiger partial charge in [0.1, 0.15) is 29.7 Å². The van der Waals surface area contributed by atoms with E-state index in [1.807, 2.05) is 24.3 Å². The third kappa shape index (κ3) is 5.85. The van der Waals surface area contributed by atoms with Crippen molar-refractivity contribution in [1.29, 1.82) is 0 Å². The third-order valence-electron chi connectivity index (χ3n) is 10.0. The molecule has 0 bridgehead atoms. The van der Waals surface area contributed by atoms with E-state index in [4.69, 9.17) is 9.47 Å². The summed E-state index contributed by atoms with van der Waals surface area (Å²) in [5.41, 5.74) is 3.69. The Kier molecular flexibility index (Phi) is 7.82. The standard InChI is InChI=1S/C38H35N5O7/c1-21(44)34-39-19-29(20-40-34)50-27-9-4-23(5-10-27)38(14-15-38)22-2-7-26(8-3-22)49-28-16-25(17-28)41-24-6-11-30-31(18-24)37(48)43(36(30)47)32-12-13-33(45)42-35(32)46/h2-11,18-21,25,28,32,41,44H,12-17H2,1H3,(H,42,45,46). The van der Waals surface area contributed by atoms with Crippen molar-refractivity contribution in [2.45, 2.75) is 75.2 Å². The molecule has 4 aliphatic rings. The van der Waals surface area contributed by atoms with E-state index in [2.05, 4.69) is 44.9 Å². The number of anilines is 1. The molecule has 4 amide bonds. The summed E-state index contributed by atoms with van der Waals surface area (Å²) in [4.78, 5) is 59.3. The predicted molar refractivity (Wildman–Crippen MR) is 180 cm³/mol. The SMILES string of the molecule is CC(O)c1ncc(Oc2ccc(C3(c4ccc(OC5CC(Nc6ccc7c(c6)C(=O)N(C6CCC(=O)NC6=O)C7=O)C5)cc4)CC3)cc2)cn1. The van der Waals surface area contributed by atoms with Gasteiger partial charge in [0, 0.05) is 36.4 Å². The molecule has 3 aromatic carbocycles. The average Bonchev–Trinajstić information content (AvgIpc) is 3.87. The molecule has 1 aromatic heterocycles. The zero-order chi connectivity index (χ0) is 34.6. The molecule has 2 unspecified atom stereocenters. The molecule has 2 atom stereocenters. The molecule has 1 saturated heterocycles. The van der Waals surface area contributed by atoms with E-state index in [0.29, 0.717) is 17.3 Å². The second-order valence-electron chi connectivity index (χ2n) is 13.4. The highest BCUT2D eigenvalue weighted by Crippen LogP contribution is 2.54. The number of piperidine rings is 1. The number of amides is 4. The molecule has 8 rings (SSSR count). The number of benzene rings is 3. The minimum atomic E-state index is -0.985. The molecule has 12 heteroatoms. The fourth-order valence-electron chi connectivity index (χ4n) is 7.06. The van der Waals surface area contributed by atoms with Gasteiger partial charge in [-0.2, -0.15) is 0 Å². The molecular weight excluding hydrogens is 638 g/mol. The molecule has 3 N–H and O–H groups in total. The molecule has 3 fully saturated rings. The highest BCUT2D eigenvalue weighted by atomic mass is 16.5. The predicted octanol–water partition coefficient (Wildman–Crippen LogP) is 4.83. The monoisotopic (exact) mass is 673 g/mol. The summed E-state index contributed by atoms with van der Waals surface area (Å²) in [6, 6.07) is 20.7. The van der Waals surface area contributed by atoms with Crippen LogP contribution in [0.15, 0.2) is 79.1 Å². The number of ether oxygens (including phenoxy) is 2. The maximum absolute atomic E-state index is 13.2. The van der Waals surface area contributed by atoms with E-state index in [9.17, 15) is 24.3 Å². The van der Waals surface area contributed by atoms with Crippen molar-refractivity contribution >= 4 is 29.3 Å². The Morgan fingerprint density at radius 3 is 2.12 bits per heavy atom. The van der Waals surface area contributed by atoms with Crippen LogP contribution in [0.2, 0.25) is 0 Å². The molecule has 3 heterocycles. The molecule has 0 spiro atoms. The summed E-state index contributed by atoms with van der Waals surface area (Å²) in [6.45, 7) is 1.62. The molecule has 0 radical (unpaired) electrons. The molecule has 254 valence electrons. The Labute approximate surface area is 287 Å². The fraction of sp³-hybridized carbons (Fsp3) is 0.316. The van der Waals surface area contributed by atoms with Gasteiger partial charge in [0.25, 0.3) is 11.8 Å². The van der Waals surface area contributed by atoms with E-state index >= 15 is 0 Å². The molecule has 50 heavy (non-hydrogen) atoms. The van der Waals surface area contributed by atoms with Crippen molar-refractivity contribution in [3.63, 3.8) is 0 Å². The zero-order valence-electron chi connectivity index (χ0n) is 27.3. The van der Waals surface area contributed by atoms with Gasteiger partial charge in [-0.25, -0.2) is 9.97 Å². The summed E-state index contributed by atoms with van der Waals surface area (Å²) in [5, 5.41) is 15.3. The number of rotatable bonds is 10. The molecule has 12 nitrogen and oxygen atoms in total. The number of carbonyl (C=O) groups is 4. The lowest BCUT2D eigenvalue weighted by Crippen LogP contribution is -2.54. The van der Waals surface area contributed by atoms with Crippen molar-refractivity contribution in [3.8, 4) is 17.2 Å². The molecular formula is C38H35N5O7. The molecule has 2 aliphatic heterocycles. The summed E-state index contributed by atoms with van der Waals surface area (Å²) in [5.74, 6) is 0.295. The van der Waals surface area contributed by atoms with Gasteiger partial charge in [-0.05, 0) is 79.8 Å². The first kappa shape index (κ1) is 31.6. The van der Waals surface area contributed by atoms with Crippen LogP contribution in [0.4, 0.5) is 5.69 Å². The summed E-state index contributed by atoms with van der Waals surface area (Å²) >= 11 is 0. The number of nitrogens with zero attached hydrogens (tertiary/aromatic N) is 3. The maximum Gasteiger partial charge on any atom is 0.262 e. The number of aromatic nitrogens is 2. The lowest BCUT2D eigenvalue weighted by atomic mass is 9.87. The van der Waals surface area contributed by atoms with Crippen LogP contribution in [0.25, 0.3) is 0 Å². The van der Waals surface area contributed by atoms with E-state index in [1.54, 1.807) is 37.5 Å². The largest absolute Gasteiger partial charge is 0.490 e. The quantitative estimate of drug-likeness (QED) is 0.199. The number of aliphatic hydroxyl groups excluding tert-OH is 1. The highest BCUT2D eigenvalue weighted by Gasteiger charge is 2.46. The lowest BCUT2D eigenvalue weighted by Gasteiger charge is -2.36. The third-order valence-corrected chi connectivity index (χ3v) is 10.0. The second kappa shape index (κ2) is 12.4. The summed E-state index contributed by atoms with van der Waals surface area (Å²) < 4.78 is 12.2. The van der Waals surface area contributed by atoms with Crippen molar-refractivity contribution in [1.82, 2.24) is 20.2 Å². The Balaban J connectivity index is 0.839. The number of aliphatic hydroxyl groups is 1. The molecule has 2 aliphatic carbocycles. The van der Waals surface area contributed by atoms with Gasteiger partial charge in [0.05, 0.1) is 23.5 Å². The van der Waals surface area contributed by atoms with Gasteiger partial charge in [-0.1, -0.05) is 24.3 Å².